The number of rotatable bonds is 3. The highest BCUT2D eigenvalue weighted by molar-refractivity contribution is 5.96. The van der Waals surface area contributed by atoms with Gasteiger partial charge in [0.15, 0.2) is 6.29 Å². The van der Waals surface area contributed by atoms with Gasteiger partial charge in [0.2, 0.25) is 0 Å². The zero-order chi connectivity index (χ0) is 14.8. The first kappa shape index (κ1) is 13.1. The number of nitriles is 1. The molecule has 3 rings (SSSR count). The summed E-state index contributed by atoms with van der Waals surface area (Å²) >= 11 is 0. The SMILES string of the molecule is N#Cc1ccc(F)cc1Cn1ccc2cccc(C=O)c21. The lowest BCUT2D eigenvalue weighted by Gasteiger charge is -2.09. The summed E-state index contributed by atoms with van der Waals surface area (Å²) in [6.45, 7) is 0.342. The van der Waals surface area contributed by atoms with Gasteiger partial charge in [-0.15, -0.1) is 0 Å². The molecule has 21 heavy (non-hydrogen) atoms. The van der Waals surface area contributed by atoms with Gasteiger partial charge in [0.1, 0.15) is 5.82 Å². The monoisotopic (exact) mass is 278 g/mol. The Morgan fingerprint density at radius 3 is 2.86 bits per heavy atom. The van der Waals surface area contributed by atoms with Crippen LogP contribution in [0.4, 0.5) is 4.39 Å². The minimum atomic E-state index is -0.379. The Balaban J connectivity index is 2.13. The van der Waals surface area contributed by atoms with Crippen LogP contribution in [0.1, 0.15) is 21.5 Å². The van der Waals surface area contributed by atoms with Gasteiger partial charge < -0.3 is 4.57 Å². The molecule has 0 saturated heterocycles. The molecule has 0 spiro atoms. The van der Waals surface area contributed by atoms with E-state index in [0.717, 1.165) is 17.2 Å². The Morgan fingerprint density at radius 1 is 1.24 bits per heavy atom. The van der Waals surface area contributed by atoms with Crippen LogP contribution in [-0.2, 0) is 6.54 Å². The van der Waals surface area contributed by atoms with Crippen molar-refractivity contribution in [2.24, 2.45) is 0 Å². The third kappa shape index (κ3) is 2.30. The van der Waals surface area contributed by atoms with E-state index >= 15 is 0 Å². The number of fused-ring (bicyclic) bond motifs is 1. The second-order valence-electron chi connectivity index (χ2n) is 4.76. The number of hydrogen-bond donors (Lipinski definition) is 0. The van der Waals surface area contributed by atoms with Gasteiger partial charge in [-0.05, 0) is 35.9 Å². The summed E-state index contributed by atoms with van der Waals surface area (Å²) in [4.78, 5) is 11.2. The lowest BCUT2D eigenvalue weighted by molar-refractivity contribution is 0.112. The van der Waals surface area contributed by atoms with Crippen molar-refractivity contribution in [3.63, 3.8) is 0 Å². The maximum absolute atomic E-state index is 13.4. The first-order valence-corrected chi connectivity index (χ1v) is 6.44. The van der Waals surface area contributed by atoms with Crippen LogP contribution in [0.25, 0.3) is 10.9 Å². The molecule has 0 aliphatic carbocycles. The van der Waals surface area contributed by atoms with Crippen LogP contribution >= 0.6 is 0 Å². The predicted molar refractivity (Wildman–Crippen MR) is 77.5 cm³/mol. The highest BCUT2D eigenvalue weighted by Crippen LogP contribution is 2.21. The van der Waals surface area contributed by atoms with Crippen LogP contribution in [0.3, 0.4) is 0 Å². The molecule has 0 bridgehead atoms. The zero-order valence-electron chi connectivity index (χ0n) is 11.1. The smallest absolute Gasteiger partial charge is 0.152 e. The number of benzene rings is 2. The van der Waals surface area contributed by atoms with E-state index in [1.165, 1.54) is 18.2 Å². The normalized spacial score (nSPS) is 10.5. The average Bonchev–Trinajstić information content (AvgIpc) is 2.91. The minimum Gasteiger partial charge on any atom is -0.342 e. The molecule has 1 aromatic heterocycles. The second kappa shape index (κ2) is 5.22. The molecule has 2 aromatic carbocycles. The van der Waals surface area contributed by atoms with Gasteiger partial charge in [-0.3, -0.25) is 4.79 Å². The molecule has 3 aromatic rings. The number of nitrogens with zero attached hydrogens (tertiary/aromatic N) is 2. The Kier molecular flexibility index (Phi) is 3.25. The van der Waals surface area contributed by atoms with Crippen LogP contribution in [-0.4, -0.2) is 10.9 Å². The van der Waals surface area contributed by atoms with Crippen molar-refractivity contribution in [2.45, 2.75) is 6.54 Å². The molecule has 0 radical (unpaired) electrons. The number of carbonyl (C=O) groups is 1. The molecule has 0 unspecified atom stereocenters. The largest absolute Gasteiger partial charge is 0.342 e. The number of hydrogen-bond acceptors (Lipinski definition) is 2. The third-order valence-corrected chi connectivity index (χ3v) is 3.48. The fraction of sp³-hybridized carbons (Fsp3) is 0.0588. The van der Waals surface area contributed by atoms with Crippen molar-refractivity contribution in [2.75, 3.05) is 0 Å². The van der Waals surface area contributed by atoms with Gasteiger partial charge in [0, 0.05) is 23.7 Å². The lowest BCUT2D eigenvalue weighted by atomic mass is 10.1. The molecular formula is C17H11FN2O. The number of aldehydes is 1. The van der Waals surface area contributed by atoms with Crippen molar-refractivity contribution in [3.05, 3.63) is 71.2 Å². The fourth-order valence-electron chi connectivity index (χ4n) is 2.50. The van der Waals surface area contributed by atoms with Gasteiger partial charge in [-0.2, -0.15) is 5.26 Å². The van der Waals surface area contributed by atoms with Gasteiger partial charge in [-0.25, -0.2) is 4.39 Å². The van der Waals surface area contributed by atoms with E-state index in [0.29, 0.717) is 23.2 Å². The van der Waals surface area contributed by atoms with E-state index in [9.17, 15) is 9.18 Å². The first-order chi connectivity index (χ1) is 10.2. The molecular weight excluding hydrogens is 267 g/mol. The topological polar surface area (TPSA) is 45.8 Å². The number of aromatic nitrogens is 1. The highest BCUT2D eigenvalue weighted by Gasteiger charge is 2.09. The van der Waals surface area contributed by atoms with E-state index in [1.807, 2.05) is 29.0 Å². The summed E-state index contributed by atoms with van der Waals surface area (Å²) < 4.78 is 15.3. The summed E-state index contributed by atoms with van der Waals surface area (Å²) in [5.41, 5.74) is 2.39. The molecule has 0 saturated carbocycles. The van der Waals surface area contributed by atoms with E-state index in [1.54, 1.807) is 6.07 Å². The van der Waals surface area contributed by atoms with Crippen LogP contribution in [0.15, 0.2) is 48.7 Å². The number of halogens is 1. The summed E-state index contributed by atoms with van der Waals surface area (Å²) in [5, 5.41) is 10.1. The summed E-state index contributed by atoms with van der Waals surface area (Å²) in [5.74, 6) is -0.379. The van der Waals surface area contributed by atoms with E-state index < -0.39 is 0 Å². The Labute approximate surface area is 120 Å². The van der Waals surface area contributed by atoms with Crippen molar-refractivity contribution >= 4 is 17.2 Å². The molecule has 0 atom stereocenters. The second-order valence-corrected chi connectivity index (χ2v) is 4.76. The van der Waals surface area contributed by atoms with Crippen molar-refractivity contribution in [1.82, 2.24) is 4.57 Å². The Bertz CT molecular complexity index is 874. The van der Waals surface area contributed by atoms with E-state index in [-0.39, 0.29) is 5.82 Å². The summed E-state index contributed by atoms with van der Waals surface area (Å²) in [6.07, 6.45) is 2.64. The standard InChI is InChI=1S/C17H11FN2O/c18-16-5-4-13(9-19)15(8-16)10-20-7-6-12-2-1-3-14(11-21)17(12)20/h1-8,11H,10H2. The number of para-hydroxylation sites is 1. The zero-order valence-corrected chi connectivity index (χ0v) is 11.1. The van der Waals surface area contributed by atoms with E-state index in [2.05, 4.69) is 6.07 Å². The van der Waals surface area contributed by atoms with Gasteiger partial charge in [-0.1, -0.05) is 12.1 Å². The Morgan fingerprint density at radius 2 is 2.10 bits per heavy atom. The van der Waals surface area contributed by atoms with E-state index in [4.69, 9.17) is 5.26 Å². The predicted octanol–water partition coefficient (Wildman–Crippen LogP) is 3.51. The molecule has 0 aliphatic heterocycles. The van der Waals surface area contributed by atoms with Crippen molar-refractivity contribution in [3.8, 4) is 6.07 Å². The summed E-state index contributed by atoms with van der Waals surface area (Å²) in [7, 11) is 0. The molecule has 3 nitrogen and oxygen atoms in total. The molecule has 4 heteroatoms. The fourth-order valence-corrected chi connectivity index (χ4v) is 2.50. The first-order valence-electron chi connectivity index (χ1n) is 6.44. The molecule has 0 N–H and O–H groups in total. The highest BCUT2D eigenvalue weighted by atomic mass is 19.1. The molecule has 102 valence electrons. The van der Waals surface area contributed by atoms with Crippen molar-refractivity contribution < 1.29 is 9.18 Å². The van der Waals surface area contributed by atoms with Gasteiger partial charge >= 0.3 is 0 Å². The minimum absolute atomic E-state index is 0.342. The Hall–Kier alpha value is -2.93. The lowest BCUT2D eigenvalue weighted by Crippen LogP contribution is -2.02. The summed E-state index contributed by atoms with van der Waals surface area (Å²) in [6, 6.07) is 13.5. The van der Waals surface area contributed by atoms with Crippen LogP contribution in [0.5, 0.6) is 0 Å². The average molecular weight is 278 g/mol. The molecule has 0 fully saturated rings. The molecule has 0 aliphatic rings. The van der Waals surface area contributed by atoms with Crippen molar-refractivity contribution in [1.29, 1.82) is 5.26 Å². The van der Waals surface area contributed by atoms with Crippen LogP contribution < -0.4 is 0 Å². The van der Waals surface area contributed by atoms with Crippen LogP contribution in [0.2, 0.25) is 0 Å². The van der Waals surface area contributed by atoms with Gasteiger partial charge in [0.05, 0.1) is 17.1 Å². The molecule has 1 heterocycles. The van der Waals surface area contributed by atoms with Gasteiger partial charge in [0.25, 0.3) is 0 Å². The number of carbonyl (C=O) groups excluding carboxylic acids is 1. The third-order valence-electron chi connectivity index (χ3n) is 3.48. The quantitative estimate of drug-likeness (QED) is 0.688. The maximum Gasteiger partial charge on any atom is 0.152 e. The molecule has 0 amide bonds. The maximum atomic E-state index is 13.4. The van der Waals surface area contributed by atoms with Crippen LogP contribution in [0, 0.1) is 17.1 Å².